The molecule has 1 saturated heterocycles. The molecule has 1 aromatic heterocycles. The van der Waals surface area contributed by atoms with E-state index in [1.54, 1.807) is 12.1 Å². The number of benzene rings is 2. The summed E-state index contributed by atoms with van der Waals surface area (Å²) in [7, 11) is 0. The van der Waals surface area contributed by atoms with Gasteiger partial charge in [-0.3, -0.25) is 4.90 Å². The fraction of sp³-hybridized carbons (Fsp3) is 0.375. The molecule has 1 fully saturated rings. The Bertz CT molecular complexity index is 1050. The van der Waals surface area contributed by atoms with Gasteiger partial charge in [0, 0.05) is 41.2 Å². The summed E-state index contributed by atoms with van der Waals surface area (Å²) >= 11 is 0. The molecule has 0 radical (unpaired) electrons. The predicted octanol–water partition coefficient (Wildman–Crippen LogP) is 5.23. The lowest BCUT2D eigenvalue weighted by atomic mass is 9.88. The van der Waals surface area contributed by atoms with Crippen LogP contribution in [0, 0.1) is 6.92 Å². The van der Waals surface area contributed by atoms with Gasteiger partial charge >= 0.3 is 5.97 Å². The number of piperidine rings is 1. The molecule has 5 heteroatoms. The van der Waals surface area contributed by atoms with E-state index < -0.39 is 5.97 Å². The van der Waals surface area contributed by atoms with Gasteiger partial charge in [0.2, 0.25) is 0 Å². The number of carboxylic acid groups (broad SMARTS) is 1. The summed E-state index contributed by atoms with van der Waals surface area (Å²) in [5.74, 6) is 0.136. The van der Waals surface area contributed by atoms with E-state index in [4.69, 9.17) is 4.74 Å². The van der Waals surface area contributed by atoms with Gasteiger partial charge in [-0.05, 0) is 61.7 Å². The lowest BCUT2D eigenvalue weighted by Crippen LogP contribution is -2.39. The van der Waals surface area contributed by atoms with E-state index in [2.05, 4.69) is 28.9 Å². The van der Waals surface area contributed by atoms with Crippen LogP contribution in [0.2, 0.25) is 0 Å². The number of fused-ring (bicyclic) bond motifs is 3. The van der Waals surface area contributed by atoms with Gasteiger partial charge in [-0.25, -0.2) is 4.79 Å². The minimum atomic E-state index is -0.874. The maximum atomic E-state index is 11.2. The second-order valence-electron chi connectivity index (χ2n) is 8.20. The van der Waals surface area contributed by atoms with Crippen LogP contribution in [0.1, 0.15) is 64.8 Å². The number of nitrogens with zero attached hydrogens (tertiary/aromatic N) is 1. The van der Waals surface area contributed by atoms with Crippen molar-refractivity contribution in [2.45, 2.75) is 44.7 Å². The Balaban J connectivity index is 1.56. The number of H-pyrrole nitrogens is 1. The molecule has 0 bridgehead atoms. The number of hydrogen-bond donors (Lipinski definition) is 2. The van der Waals surface area contributed by atoms with Crippen molar-refractivity contribution in [3.05, 3.63) is 64.8 Å². The molecule has 0 amide bonds. The fourth-order valence-corrected chi connectivity index (χ4v) is 5.15. The summed E-state index contributed by atoms with van der Waals surface area (Å²) in [5.41, 5.74) is 5.26. The van der Waals surface area contributed by atoms with E-state index in [-0.39, 0.29) is 0 Å². The number of aromatic amines is 1. The molecule has 0 aliphatic carbocycles. The minimum Gasteiger partial charge on any atom is -0.493 e. The van der Waals surface area contributed by atoms with Gasteiger partial charge in [0.1, 0.15) is 5.75 Å². The molecular formula is C24H26N2O3. The highest BCUT2D eigenvalue weighted by atomic mass is 16.5. The number of rotatable bonds is 3. The number of carbonyl (C=O) groups is 1. The molecule has 5 rings (SSSR count). The highest BCUT2D eigenvalue weighted by Gasteiger charge is 2.35. The summed E-state index contributed by atoms with van der Waals surface area (Å²) in [5, 5.41) is 10.5. The minimum absolute atomic E-state index is 0.304. The van der Waals surface area contributed by atoms with E-state index in [0.717, 1.165) is 31.7 Å². The third-order valence-corrected chi connectivity index (χ3v) is 6.51. The van der Waals surface area contributed by atoms with Gasteiger partial charge in [0.05, 0.1) is 12.2 Å². The van der Waals surface area contributed by atoms with Crippen LogP contribution in [0.25, 0.3) is 10.9 Å². The van der Waals surface area contributed by atoms with Crippen molar-refractivity contribution < 1.29 is 14.6 Å². The Morgan fingerprint density at radius 2 is 1.97 bits per heavy atom. The average molecular weight is 390 g/mol. The molecule has 2 aromatic carbocycles. The van der Waals surface area contributed by atoms with Gasteiger partial charge in [0.15, 0.2) is 0 Å². The summed E-state index contributed by atoms with van der Waals surface area (Å²) in [4.78, 5) is 17.3. The lowest BCUT2D eigenvalue weighted by molar-refractivity contribution is 0.0674. The van der Waals surface area contributed by atoms with Gasteiger partial charge in [-0.15, -0.1) is 0 Å². The van der Waals surface area contributed by atoms with E-state index in [1.807, 2.05) is 18.3 Å². The van der Waals surface area contributed by atoms with Crippen molar-refractivity contribution in [3.8, 4) is 5.75 Å². The largest absolute Gasteiger partial charge is 0.493 e. The van der Waals surface area contributed by atoms with Gasteiger partial charge < -0.3 is 14.8 Å². The topological polar surface area (TPSA) is 65.6 Å². The first kappa shape index (κ1) is 18.3. The van der Waals surface area contributed by atoms with Crippen molar-refractivity contribution in [2.24, 2.45) is 0 Å². The van der Waals surface area contributed by atoms with Gasteiger partial charge in [-0.2, -0.15) is 0 Å². The van der Waals surface area contributed by atoms with Crippen molar-refractivity contribution in [1.29, 1.82) is 0 Å². The van der Waals surface area contributed by atoms with Crippen molar-refractivity contribution in [1.82, 2.24) is 9.88 Å². The second-order valence-corrected chi connectivity index (χ2v) is 8.20. The van der Waals surface area contributed by atoms with Crippen LogP contribution in [0.15, 0.2) is 42.6 Å². The first-order chi connectivity index (χ1) is 14.1. The van der Waals surface area contributed by atoms with E-state index >= 15 is 0 Å². The predicted molar refractivity (Wildman–Crippen MR) is 113 cm³/mol. The molecule has 1 unspecified atom stereocenters. The van der Waals surface area contributed by atoms with Crippen molar-refractivity contribution >= 4 is 16.9 Å². The normalized spacial score (nSPS) is 22.2. The Morgan fingerprint density at radius 3 is 2.76 bits per heavy atom. The Hall–Kier alpha value is -2.79. The zero-order valence-corrected chi connectivity index (χ0v) is 16.6. The monoisotopic (exact) mass is 390 g/mol. The summed E-state index contributed by atoms with van der Waals surface area (Å²) in [6.07, 6.45) is 6.48. The maximum absolute atomic E-state index is 11.2. The molecule has 3 heterocycles. The molecule has 2 aliphatic rings. The number of likely N-dealkylation sites (tertiary alicyclic amines) is 1. The summed E-state index contributed by atoms with van der Waals surface area (Å²) < 4.78 is 6.08. The molecular weight excluding hydrogens is 364 g/mol. The average Bonchev–Trinajstić information content (AvgIpc) is 3.24. The molecule has 150 valence electrons. The number of aromatic carboxylic acids is 1. The third kappa shape index (κ3) is 3.10. The van der Waals surface area contributed by atoms with E-state index in [0.29, 0.717) is 17.6 Å². The molecule has 5 nitrogen and oxygen atoms in total. The maximum Gasteiger partial charge on any atom is 0.335 e. The molecule has 2 atom stereocenters. The number of carboxylic acids is 1. The Kier molecular flexibility index (Phi) is 4.55. The Labute approximate surface area is 170 Å². The molecule has 2 N–H and O–H groups in total. The second kappa shape index (κ2) is 7.23. The van der Waals surface area contributed by atoms with Crippen LogP contribution in [0.5, 0.6) is 5.75 Å². The lowest BCUT2D eigenvalue weighted by Gasteiger charge is -2.44. The zero-order chi connectivity index (χ0) is 20.0. The van der Waals surface area contributed by atoms with Gasteiger partial charge in [0.25, 0.3) is 0 Å². The first-order valence-electron chi connectivity index (χ1n) is 10.5. The number of aromatic nitrogens is 1. The smallest absolute Gasteiger partial charge is 0.335 e. The van der Waals surface area contributed by atoms with Crippen molar-refractivity contribution in [3.63, 3.8) is 0 Å². The van der Waals surface area contributed by atoms with Crippen LogP contribution in [-0.4, -0.2) is 34.1 Å². The quantitative estimate of drug-likeness (QED) is 0.643. The van der Waals surface area contributed by atoms with Crippen LogP contribution in [-0.2, 0) is 0 Å². The summed E-state index contributed by atoms with van der Waals surface area (Å²) in [6, 6.07) is 12.4. The van der Waals surface area contributed by atoms with Crippen LogP contribution in [0.3, 0.4) is 0 Å². The molecule has 3 aromatic rings. The molecule has 0 saturated carbocycles. The number of nitrogens with one attached hydrogen (secondary N) is 1. The van der Waals surface area contributed by atoms with E-state index in [1.165, 1.54) is 40.4 Å². The Morgan fingerprint density at radius 1 is 1.14 bits per heavy atom. The number of aryl methyl sites for hydroxylation is 1. The highest BCUT2D eigenvalue weighted by Crippen LogP contribution is 2.46. The summed E-state index contributed by atoms with van der Waals surface area (Å²) in [6.45, 7) is 3.91. The standard InChI is InChI=1S/C24H26N2O3/c1-15-14-21-22(18-9-11-25-23(15)18)20(10-13-29-21)26-12-3-2-4-19(26)16-5-7-17(8-6-16)24(27)28/h5-9,11,14,19-20,25H,2-4,10,12-13H2,1H3,(H,27,28)/t19-,20?/m0/s1. The highest BCUT2D eigenvalue weighted by molar-refractivity contribution is 5.89. The van der Waals surface area contributed by atoms with Crippen LogP contribution < -0.4 is 4.74 Å². The van der Waals surface area contributed by atoms with E-state index in [9.17, 15) is 9.90 Å². The number of hydrogen-bond acceptors (Lipinski definition) is 3. The van der Waals surface area contributed by atoms with Crippen molar-refractivity contribution in [2.75, 3.05) is 13.2 Å². The SMILES string of the molecule is Cc1cc2c(c3cc[nH]c13)C(N1CCCC[C@H]1c1ccc(C(=O)O)cc1)CCO2. The molecule has 29 heavy (non-hydrogen) atoms. The number of ether oxygens (including phenoxy) is 1. The molecule has 2 aliphatic heterocycles. The fourth-order valence-electron chi connectivity index (χ4n) is 5.15. The first-order valence-corrected chi connectivity index (χ1v) is 10.5. The molecule has 0 spiro atoms. The van der Waals surface area contributed by atoms with Crippen LogP contribution in [0.4, 0.5) is 0 Å². The zero-order valence-electron chi connectivity index (χ0n) is 16.6. The van der Waals surface area contributed by atoms with Crippen LogP contribution >= 0.6 is 0 Å². The van der Waals surface area contributed by atoms with Gasteiger partial charge in [-0.1, -0.05) is 18.6 Å². The third-order valence-electron chi connectivity index (χ3n) is 6.51.